The number of para-hydroxylation sites is 3. The van der Waals surface area contributed by atoms with Gasteiger partial charge in [-0.3, -0.25) is 5.32 Å². The molecule has 0 unspecified atom stereocenters. The second kappa shape index (κ2) is 7.15. The molecule has 1 saturated heterocycles. The minimum Gasteiger partial charge on any atom is -0.362 e. The Balaban J connectivity index is 1.66. The van der Waals surface area contributed by atoms with E-state index in [-0.39, 0.29) is 0 Å². The van der Waals surface area contributed by atoms with E-state index in [2.05, 4.69) is 15.6 Å². The van der Waals surface area contributed by atoms with Gasteiger partial charge in [0.15, 0.2) is 0 Å². The summed E-state index contributed by atoms with van der Waals surface area (Å²) in [4.78, 5) is 7.02. The van der Waals surface area contributed by atoms with E-state index in [1.807, 2.05) is 65.6 Å². The summed E-state index contributed by atoms with van der Waals surface area (Å²) in [6.45, 7) is 1.65. The number of anilines is 3. The highest BCUT2D eigenvalue weighted by molar-refractivity contribution is 7.73. The lowest BCUT2D eigenvalue weighted by Crippen LogP contribution is -2.48. The van der Waals surface area contributed by atoms with E-state index in [1.165, 1.54) is 0 Å². The van der Waals surface area contributed by atoms with Crippen LogP contribution in [0.15, 0.2) is 60.7 Å². The molecule has 0 radical (unpaired) electrons. The molecule has 2 aromatic carbocycles. The summed E-state index contributed by atoms with van der Waals surface area (Å²) in [7, 11) is -2.23. The maximum Gasteiger partial charge on any atom is 0.230 e. The molecule has 2 N–H and O–H groups in total. The van der Waals surface area contributed by atoms with Crippen molar-refractivity contribution in [3.63, 3.8) is 0 Å². The minimum atomic E-state index is -2.23. The van der Waals surface area contributed by atoms with E-state index in [0.717, 1.165) is 34.6 Å². The van der Waals surface area contributed by atoms with Crippen molar-refractivity contribution in [1.82, 2.24) is 10.3 Å². The summed E-state index contributed by atoms with van der Waals surface area (Å²) >= 11 is 0. The smallest absolute Gasteiger partial charge is 0.230 e. The predicted molar refractivity (Wildman–Crippen MR) is 106 cm³/mol. The molecule has 0 aliphatic carbocycles. The first kappa shape index (κ1) is 16.6. The van der Waals surface area contributed by atoms with E-state index >= 15 is 0 Å². The maximum atomic E-state index is 11.3. The summed E-state index contributed by atoms with van der Waals surface area (Å²) in [5.74, 6) is 0.753. The number of aromatic nitrogens is 1. The largest absolute Gasteiger partial charge is 0.362 e. The highest BCUT2D eigenvalue weighted by atomic mass is 32.2. The first-order valence-electron chi connectivity index (χ1n) is 8.36. The number of rotatable bonds is 3. The van der Waals surface area contributed by atoms with Crippen LogP contribution in [0.5, 0.6) is 0 Å². The molecule has 26 heavy (non-hydrogen) atoms. The molecule has 4 rings (SSSR count). The molecule has 0 saturated carbocycles. The Morgan fingerprint density at radius 2 is 1.81 bits per heavy atom. The Hall–Kier alpha value is -2.90. The van der Waals surface area contributed by atoms with Crippen LogP contribution in [-0.2, 0) is 10.3 Å². The molecule has 7 heteroatoms. The maximum absolute atomic E-state index is 11.3. The van der Waals surface area contributed by atoms with Gasteiger partial charge >= 0.3 is 0 Å². The first-order valence-corrected chi connectivity index (χ1v) is 9.44. The number of hydrogen-bond donors (Lipinski definition) is 2. The predicted octanol–water partition coefficient (Wildman–Crippen LogP) is 2.40. The molecule has 0 atom stereocenters. The standard InChI is InChI=1S/C19H18N4O2S/c24-26(25)19-13-23(12-11-20-19)17-8-4-3-7-16(17)22-18-10-9-14-5-1-2-6-15(14)21-18/h1-10,20H,11-13H2,(H,21,22). The zero-order chi connectivity index (χ0) is 17.9. The van der Waals surface area contributed by atoms with E-state index in [4.69, 9.17) is 0 Å². The summed E-state index contributed by atoms with van der Waals surface area (Å²) in [5, 5.41) is 7.40. The van der Waals surface area contributed by atoms with Crippen molar-refractivity contribution in [1.29, 1.82) is 0 Å². The molecule has 0 spiro atoms. The van der Waals surface area contributed by atoms with Gasteiger partial charge in [0.2, 0.25) is 10.3 Å². The van der Waals surface area contributed by atoms with Crippen molar-refractivity contribution < 1.29 is 8.42 Å². The molecule has 0 bridgehead atoms. The second-order valence-corrected chi connectivity index (χ2v) is 7.00. The molecule has 3 aromatic rings. The third-order valence-corrected chi connectivity index (χ3v) is 5.02. The van der Waals surface area contributed by atoms with Crippen molar-refractivity contribution in [3.8, 4) is 0 Å². The molecular weight excluding hydrogens is 348 g/mol. The van der Waals surface area contributed by atoms with Crippen molar-refractivity contribution in [3.05, 3.63) is 60.7 Å². The zero-order valence-corrected chi connectivity index (χ0v) is 14.8. The normalized spacial score (nSPS) is 14.5. The minimum absolute atomic E-state index is 0.315. The molecule has 2 heterocycles. The first-order chi connectivity index (χ1) is 12.7. The van der Waals surface area contributed by atoms with Crippen LogP contribution in [-0.4, -0.2) is 38.0 Å². The van der Waals surface area contributed by atoms with E-state index in [0.29, 0.717) is 18.1 Å². The Morgan fingerprint density at radius 1 is 1.00 bits per heavy atom. The van der Waals surface area contributed by atoms with Gasteiger partial charge in [0.05, 0.1) is 23.4 Å². The lowest BCUT2D eigenvalue weighted by molar-refractivity contribution is 0.624. The SMILES string of the molecule is O=S(=O)=C1CN(c2ccccc2Nc2ccc3ccccc3n2)CCN1. The quantitative estimate of drug-likeness (QED) is 0.694. The number of nitrogens with zero attached hydrogens (tertiary/aromatic N) is 2. The summed E-state index contributed by atoms with van der Waals surface area (Å²) in [6, 6.07) is 19.8. The van der Waals surface area contributed by atoms with Crippen LogP contribution >= 0.6 is 0 Å². The van der Waals surface area contributed by atoms with Crippen LogP contribution in [0.2, 0.25) is 0 Å². The molecule has 1 aliphatic rings. The average Bonchev–Trinajstić information content (AvgIpc) is 2.68. The van der Waals surface area contributed by atoms with Gasteiger partial charge in [0, 0.05) is 18.5 Å². The van der Waals surface area contributed by atoms with Crippen LogP contribution in [0.25, 0.3) is 10.9 Å². The molecule has 1 aromatic heterocycles. The number of hydrogen-bond acceptors (Lipinski definition) is 5. The lowest BCUT2D eigenvalue weighted by Gasteiger charge is -2.31. The molecular formula is C19H18N4O2S. The van der Waals surface area contributed by atoms with Crippen LogP contribution < -0.4 is 15.5 Å². The summed E-state index contributed by atoms with van der Waals surface area (Å²) < 4.78 is 22.6. The van der Waals surface area contributed by atoms with Crippen molar-refractivity contribution >= 4 is 43.4 Å². The fourth-order valence-corrected chi connectivity index (χ4v) is 3.57. The fraction of sp³-hybridized carbons (Fsp3) is 0.158. The van der Waals surface area contributed by atoms with Crippen LogP contribution in [0, 0.1) is 0 Å². The van der Waals surface area contributed by atoms with E-state index in [1.54, 1.807) is 0 Å². The van der Waals surface area contributed by atoms with Crippen molar-refractivity contribution in [2.75, 3.05) is 29.9 Å². The Bertz CT molecular complexity index is 1090. The zero-order valence-electron chi connectivity index (χ0n) is 14.0. The van der Waals surface area contributed by atoms with Gasteiger partial charge < -0.3 is 10.2 Å². The van der Waals surface area contributed by atoms with Crippen LogP contribution in [0.1, 0.15) is 0 Å². The number of benzene rings is 2. The molecule has 1 fully saturated rings. The second-order valence-electron chi connectivity index (χ2n) is 6.04. The van der Waals surface area contributed by atoms with E-state index in [9.17, 15) is 8.42 Å². The van der Waals surface area contributed by atoms with Gasteiger partial charge in [-0.25, -0.2) is 4.98 Å². The van der Waals surface area contributed by atoms with Gasteiger partial charge in [-0.05, 0) is 30.3 Å². The monoisotopic (exact) mass is 366 g/mol. The highest BCUT2D eigenvalue weighted by Gasteiger charge is 2.19. The topological polar surface area (TPSA) is 74.3 Å². The van der Waals surface area contributed by atoms with Crippen LogP contribution in [0.3, 0.4) is 0 Å². The number of nitrogens with one attached hydrogen (secondary N) is 2. The van der Waals surface area contributed by atoms with Gasteiger partial charge in [0.25, 0.3) is 0 Å². The Morgan fingerprint density at radius 3 is 2.69 bits per heavy atom. The number of fused-ring (bicyclic) bond motifs is 1. The fourth-order valence-electron chi connectivity index (χ4n) is 3.08. The Kier molecular flexibility index (Phi) is 4.55. The van der Waals surface area contributed by atoms with Crippen LogP contribution in [0.4, 0.5) is 17.2 Å². The van der Waals surface area contributed by atoms with Gasteiger partial charge in [-0.1, -0.05) is 30.3 Å². The third kappa shape index (κ3) is 3.40. The highest BCUT2D eigenvalue weighted by Crippen LogP contribution is 2.29. The average molecular weight is 366 g/mol. The number of piperazine rings is 1. The van der Waals surface area contributed by atoms with Gasteiger partial charge in [0.1, 0.15) is 10.8 Å². The lowest BCUT2D eigenvalue weighted by atomic mass is 10.2. The Labute approximate surface area is 153 Å². The van der Waals surface area contributed by atoms with Crippen molar-refractivity contribution in [2.45, 2.75) is 0 Å². The van der Waals surface area contributed by atoms with E-state index < -0.39 is 10.3 Å². The summed E-state index contributed by atoms with van der Waals surface area (Å²) in [6.07, 6.45) is 0. The molecule has 0 amide bonds. The number of pyridine rings is 1. The van der Waals surface area contributed by atoms with Crippen molar-refractivity contribution in [2.24, 2.45) is 0 Å². The summed E-state index contributed by atoms with van der Waals surface area (Å²) in [5.41, 5.74) is 2.77. The van der Waals surface area contributed by atoms with Gasteiger partial charge in [-0.2, -0.15) is 8.42 Å². The molecule has 132 valence electrons. The molecule has 1 aliphatic heterocycles. The molecule has 6 nitrogen and oxygen atoms in total. The van der Waals surface area contributed by atoms with Gasteiger partial charge in [-0.15, -0.1) is 0 Å². The third-order valence-electron chi connectivity index (χ3n) is 4.35.